The molecule has 7 nitrogen and oxygen atoms in total. The van der Waals surface area contributed by atoms with Gasteiger partial charge in [-0.2, -0.15) is 4.31 Å². The lowest BCUT2D eigenvalue weighted by Gasteiger charge is -2.20. The first kappa shape index (κ1) is 24.6. The molecule has 0 unspecified atom stereocenters. The number of carbonyl (C=O) groups excluding carboxylic acids is 2. The number of anilines is 1. The summed E-state index contributed by atoms with van der Waals surface area (Å²) in [6.07, 6.45) is 0. The van der Waals surface area contributed by atoms with Gasteiger partial charge in [0.2, 0.25) is 10.0 Å². The molecule has 3 rings (SSSR count). The molecule has 2 amide bonds. The summed E-state index contributed by atoms with van der Waals surface area (Å²) in [5, 5.41) is 7.52. The van der Waals surface area contributed by atoms with Crippen molar-refractivity contribution in [1.29, 1.82) is 0 Å². The highest BCUT2D eigenvalue weighted by Gasteiger charge is 2.22. The van der Waals surface area contributed by atoms with Crippen LogP contribution in [0, 0.1) is 0 Å². The number of hydrogen-bond donors (Lipinski definition) is 2. The summed E-state index contributed by atoms with van der Waals surface area (Å²) < 4.78 is 26.7. The van der Waals surface area contributed by atoms with Gasteiger partial charge in [0.05, 0.1) is 27.1 Å². The van der Waals surface area contributed by atoms with Gasteiger partial charge in [0.25, 0.3) is 11.8 Å². The number of nitrogens with zero attached hydrogens (tertiary/aromatic N) is 1. The summed E-state index contributed by atoms with van der Waals surface area (Å²) >= 11 is 1.32. The summed E-state index contributed by atoms with van der Waals surface area (Å²) in [5.74, 6) is -0.618. The normalized spacial score (nSPS) is 12.4. The maximum Gasteiger partial charge on any atom is 0.265 e. The molecule has 3 aromatic rings. The highest BCUT2D eigenvalue weighted by atomic mass is 32.2. The molecule has 0 aliphatic rings. The van der Waals surface area contributed by atoms with Crippen molar-refractivity contribution in [2.24, 2.45) is 0 Å². The van der Waals surface area contributed by atoms with Crippen molar-refractivity contribution >= 4 is 38.9 Å². The largest absolute Gasteiger partial charge is 0.345 e. The summed E-state index contributed by atoms with van der Waals surface area (Å²) in [5.41, 5.74) is 1.53. The van der Waals surface area contributed by atoms with Gasteiger partial charge in [0.15, 0.2) is 0 Å². The van der Waals surface area contributed by atoms with Gasteiger partial charge in [-0.15, -0.1) is 11.3 Å². The summed E-state index contributed by atoms with van der Waals surface area (Å²) in [6.45, 7) is 6.21. The van der Waals surface area contributed by atoms with Crippen LogP contribution in [-0.4, -0.2) is 37.6 Å². The lowest BCUT2D eigenvalue weighted by Crippen LogP contribution is -2.30. The van der Waals surface area contributed by atoms with E-state index in [4.69, 9.17) is 0 Å². The van der Waals surface area contributed by atoms with Crippen LogP contribution in [0.25, 0.3) is 0 Å². The lowest BCUT2D eigenvalue weighted by atomic mass is 10.1. The van der Waals surface area contributed by atoms with Gasteiger partial charge in [0.1, 0.15) is 0 Å². The van der Waals surface area contributed by atoms with Crippen molar-refractivity contribution in [3.8, 4) is 0 Å². The zero-order chi connectivity index (χ0) is 24.0. The van der Waals surface area contributed by atoms with E-state index in [9.17, 15) is 18.0 Å². The fraction of sp³-hybridized carbons (Fsp3) is 0.250. The Bertz CT molecular complexity index is 1200. The van der Waals surface area contributed by atoms with Gasteiger partial charge >= 0.3 is 0 Å². The molecular weight excluding hydrogens is 458 g/mol. The van der Waals surface area contributed by atoms with Crippen molar-refractivity contribution < 1.29 is 18.0 Å². The van der Waals surface area contributed by atoms with E-state index >= 15 is 0 Å². The maximum atomic E-state index is 12.9. The molecule has 1 atom stereocenters. The number of para-hydroxylation sites is 1. The predicted molar refractivity (Wildman–Crippen MR) is 131 cm³/mol. The Morgan fingerprint density at radius 1 is 0.939 bits per heavy atom. The third-order valence-corrected chi connectivity index (χ3v) is 8.17. The number of nitrogens with one attached hydrogen (secondary N) is 2. The smallest absolute Gasteiger partial charge is 0.265 e. The van der Waals surface area contributed by atoms with Crippen LogP contribution in [0.2, 0.25) is 0 Å². The van der Waals surface area contributed by atoms with E-state index in [1.165, 1.54) is 15.6 Å². The van der Waals surface area contributed by atoms with Crippen LogP contribution in [0.1, 0.15) is 52.4 Å². The van der Waals surface area contributed by atoms with Gasteiger partial charge in [-0.3, -0.25) is 9.59 Å². The Kier molecular flexibility index (Phi) is 8.01. The van der Waals surface area contributed by atoms with Crippen molar-refractivity contribution in [1.82, 2.24) is 9.62 Å². The number of thiophene rings is 1. The molecule has 0 radical (unpaired) electrons. The van der Waals surface area contributed by atoms with Gasteiger partial charge in [0, 0.05) is 13.1 Å². The van der Waals surface area contributed by atoms with Crippen LogP contribution >= 0.6 is 11.3 Å². The number of rotatable bonds is 9. The molecule has 33 heavy (non-hydrogen) atoms. The van der Waals surface area contributed by atoms with Gasteiger partial charge in [-0.1, -0.05) is 44.2 Å². The highest BCUT2D eigenvalue weighted by molar-refractivity contribution is 7.89. The fourth-order valence-electron chi connectivity index (χ4n) is 3.38. The van der Waals surface area contributed by atoms with E-state index in [1.54, 1.807) is 74.5 Å². The van der Waals surface area contributed by atoms with Crippen molar-refractivity contribution in [3.63, 3.8) is 0 Å². The number of amides is 2. The Labute approximate surface area is 198 Å². The van der Waals surface area contributed by atoms with Crippen LogP contribution < -0.4 is 10.6 Å². The van der Waals surface area contributed by atoms with Crippen LogP contribution in [0.3, 0.4) is 0 Å². The predicted octanol–water partition coefficient (Wildman–Crippen LogP) is 4.52. The first-order valence-corrected chi connectivity index (χ1v) is 12.9. The molecule has 0 fully saturated rings. The molecule has 1 aromatic heterocycles. The topological polar surface area (TPSA) is 95.6 Å². The first-order valence-electron chi connectivity index (χ1n) is 10.6. The summed E-state index contributed by atoms with van der Waals surface area (Å²) in [6, 6.07) is 16.5. The Morgan fingerprint density at radius 3 is 2.21 bits per heavy atom. The zero-order valence-electron chi connectivity index (χ0n) is 18.7. The summed E-state index contributed by atoms with van der Waals surface area (Å²) in [7, 11) is -3.54. The van der Waals surface area contributed by atoms with E-state index in [0.29, 0.717) is 29.2 Å². The van der Waals surface area contributed by atoms with Gasteiger partial charge < -0.3 is 10.6 Å². The second-order valence-electron chi connectivity index (χ2n) is 7.33. The van der Waals surface area contributed by atoms with Gasteiger partial charge in [-0.05, 0) is 48.2 Å². The standard InChI is InChI=1S/C24H27N3O4S2/c1-4-27(5-2)33(30,31)19-14-12-18(13-15-19)17(3)25-23(28)20-9-6-7-10-21(20)26-24(29)22-11-8-16-32-22/h6-17H,4-5H2,1-3H3,(H,25,28)(H,26,29)/t17-/m0/s1. The number of carbonyl (C=O) groups is 2. The molecule has 174 valence electrons. The fourth-order valence-corrected chi connectivity index (χ4v) is 5.46. The number of hydrogen-bond acceptors (Lipinski definition) is 5. The SMILES string of the molecule is CCN(CC)S(=O)(=O)c1ccc([C@H](C)NC(=O)c2ccccc2NC(=O)c2cccs2)cc1. The molecule has 0 spiro atoms. The Balaban J connectivity index is 1.73. The van der Waals surface area contributed by atoms with E-state index in [1.807, 2.05) is 12.3 Å². The van der Waals surface area contributed by atoms with Crippen LogP contribution in [0.4, 0.5) is 5.69 Å². The molecule has 2 N–H and O–H groups in total. The number of benzene rings is 2. The Morgan fingerprint density at radius 2 is 1.61 bits per heavy atom. The maximum absolute atomic E-state index is 12.9. The summed E-state index contributed by atoms with van der Waals surface area (Å²) in [4.78, 5) is 26.1. The average Bonchev–Trinajstić information content (AvgIpc) is 3.35. The second-order valence-corrected chi connectivity index (χ2v) is 10.2. The van der Waals surface area contributed by atoms with Crippen molar-refractivity contribution in [3.05, 3.63) is 82.0 Å². The lowest BCUT2D eigenvalue weighted by molar-refractivity contribution is 0.0940. The molecule has 2 aromatic carbocycles. The van der Waals surface area contributed by atoms with E-state index in [0.717, 1.165) is 5.56 Å². The molecule has 0 aliphatic carbocycles. The van der Waals surface area contributed by atoms with Crippen LogP contribution in [0.5, 0.6) is 0 Å². The molecule has 0 saturated carbocycles. The molecule has 0 aliphatic heterocycles. The minimum Gasteiger partial charge on any atom is -0.345 e. The Hall–Kier alpha value is -3.01. The molecular formula is C24H27N3O4S2. The monoisotopic (exact) mass is 485 g/mol. The number of sulfonamides is 1. The third-order valence-electron chi connectivity index (χ3n) is 5.24. The van der Waals surface area contributed by atoms with E-state index in [2.05, 4.69) is 10.6 Å². The van der Waals surface area contributed by atoms with E-state index < -0.39 is 10.0 Å². The quantitative estimate of drug-likeness (QED) is 0.466. The molecule has 0 saturated heterocycles. The molecule has 9 heteroatoms. The van der Waals surface area contributed by atoms with Crippen molar-refractivity contribution in [2.45, 2.75) is 31.7 Å². The van der Waals surface area contributed by atoms with Crippen LogP contribution in [0.15, 0.2) is 70.9 Å². The molecule has 1 heterocycles. The highest BCUT2D eigenvalue weighted by Crippen LogP contribution is 2.22. The second kappa shape index (κ2) is 10.7. The average molecular weight is 486 g/mol. The third kappa shape index (κ3) is 5.68. The molecule has 0 bridgehead atoms. The van der Waals surface area contributed by atoms with E-state index in [-0.39, 0.29) is 22.8 Å². The first-order chi connectivity index (χ1) is 15.8. The zero-order valence-corrected chi connectivity index (χ0v) is 20.4. The minimum atomic E-state index is -3.54. The minimum absolute atomic E-state index is 0.218. The van der Waals surface area contributed by atoms with Crippen molar-refractivity contribution in [2.75, 3.05) is 18.4 Å². The van der Waals surface area contributed by atoms with Crippen LogP contribution in [-0.2, 0) is 10.0 Å². The van der Waals surface area contributed by atoms with Gasteiger partial charge in [-0.25, -0.2) is 8.42 Å².